The van der Waals surface area contributed by atoms with Crippen LogP contribution in [0, 0.1) is 12.8 Å². The number of hydrogen-bond acceptors (Lipinski definition) is 5. The summed E-state index contributed by atoms with van der Waals surface area (Å²) in [5, 5.41) is 9.68. The summed E-state index contributed by atoms with van der Waals surface area (Å²) in [4.78, 5) is 15.9. The van der Waals surface area contributed by atoms with Gasteiger partial charge in [-0.1, -0.05) is 12.1 Å². The van der Waals surface area contributed by atoms with Gasteiger partial charge in [0.25, 0.3) is 0 Å². The first-order chi connectivity index (χ1) is 8.15. The van der Waals surface area contributed by atoms with Crippen LogP contribution in [-0.2, 0) is 11.3 Å². The summed E-state index contributed by atoms with van der Waals surface area (Å²) in [5.74, 6) is 1.63. The van der Waals surface area contributed by atoms with E-state index in [2.05, 4.69) is 27.7 Å². The molecule has 0 saturated carbocycles. The standard InChI is InChI=1S/C11H18N4O2/c1-7-3-4-12-9(5-7)11(16)13-6-10-14-8(2)15-17-10/h7,9,12H,3-6H2,1-2H3,(H,13,16). The molecule has 2 heterocycles. The van der Waals surface area contributed by atoms with Crippen molar-refractivity contribution in [3.63, 3.8) is 0 Å². The molecule has 2 rings (SSSR count). The maximum Gasteiger partial charge on any atom is 0.246 e. The van der Waals surface area contributed by atoms with Crippen molar-refractivity contribution < 1.29 is 9.32 Å². The number of hydrogen-bond donors (Lipinski definition) is 2. The molecule has 0 radical (unpaired) electrons. The molecule has 2 unspecified atom stereocenters. The number of nitrogens with zero attached hydrogens (tertiary/aromatic N) is 2. The molecule has 0 aliphatic carbocycles. The predicted octanol–water partition coefficient (Wildman–Crippen LogP) is 0.382. The quantitative estimate of drug-likeness (QED) is 0.796. The second-order valence-corrected chi connectivity index (χ2v) is 4.59. The Hall–Kier alpha value is -1.43. The Morgan fingerprint density at radius 3 is 3.12 bits per heavy atom. The third-order valence-corrected chi connectivity index (χ3v) is 2.97. The van der Waals surface area contributed by atoms with Crippen LogP contribution in [0.5, 0.6) is 0 Å². The molecule has 1 aliphatic heterocycles. The summed E-state index contributed by atoms with van der Waals surface area (Å²) in [5.41, 5.74) is 0. The molecule has 17 heavy (non-hydrogen) atoms. The molecule has 1 aromatic rings. The molecule has 94 valence electrons. The van der Waals surface area contributed by atoms with Gasteiger partial charge in [-0.05, 0) is 32.2 Å². The zero-order valence-corrected chi connectivity index (χ0v) is 10.2. The van der Waals surface area contributed by atoms with Crippen molar-refractivity contribution in [2.45, 2.75) is 39.3 Å². The summed E-state index contributed by atoms with van der Waals surface area (Å²) >= 11 is 0. The summed E-state index contributed by atoms with van der Waals surface area (Å²) < 4.78 is 4.93. The van der Waals surface area contributed by atoms with Crippen LogP contribution in [0.3, 0.4) is 0 Å². The Labute approximate surface area is 100 Å². The number of amides is 1. The fourth-order valence-electron chi connectivity index (χ4n) is 2.01. The van der Waals surface area contributed by atoms with E-state index < -0.39 is 0 Å². The zero-order chi connectivity index (χ0) is 12.3. The van der Waals surface area contributed by atoms with Gasteiger partial charge < -0.3 is 15.2 Å². The molecule has 0 bridgehead atoms. The number of piperidine rings is 1. The van der Waals surface area contributed by atoms with E-state index in [1.165, 1.54) is 0 Å². The van der Waals surface area contributed by atoms with Crippen LogP contribution in [0.15, 0.2) is 4.52 Å². The number of nitrogens with one attached hydrogen (secondary N) is 2. The number of aromatic nitrogens is 2. The highest BCUT2D eigenvalue weighted by molar-refractivity contribution is 5.81. The van der Waals surface area contributed by atoms with Gasteiger partial charge in [0.05, 0.1) is 12.6 Å². The van der Waals surface area contributed by atoms with Gasteiger partial charge in [-0.2, -0.15) is 4.98 Å². The minimum atomic E-state index is -0.0947. The van der Waals surface area contributed by atoms with E-state index in [-0.39, 0.29) is 11.9 Å². The Bertz CT molecular complexity index is 391. The van der Waals surface area contributed by atoms with Gasteiger partial charge >= 0.3 is 0 Å². The van der Waals surface area contributed by atoms with E-state index in [0.717, 1.165) is 19.4 Å². The minimum absolute atomic E-state index is 0.00685. The number of carbonyl (C=O) groups excluding carboxylic acids is 1. The lowest BCUT2D eigenvalue weighted by atomic mass is 9.94. The lowest BCUT2D eigenvalue weighted by Crippen LogP contribution is -2.48. The molecular weight excluding hydrogens is 220 g/mol. The maximum absolute atomic E-state index is 11.9. The summed E-state index contributed by atoms with van der Waals surface area (Å²) in [6, 6.07) is -0.0947. The van der Waals surface area contributed by atoms with Gasteiger partial charge in [0.1, 0.15) is 0 Å². The second kappa shape index (κ2) is 5.27. The lowest BCUT2D eigenvalue weighted by molar-refractivity contribution is -0.124. The zero-order valence-electron chi connectivity index (χ0n) is 10.2. The van der Waals surface area contributed by atoms with Gasteiger partial charge in [0.2, 0.25) is 11.8 Å². The fourth-order valence-corrected chi connectivity index (χ4v) is 2.01. The molecule has 2 N–H and O–H groups in total. The van der Waals surface area contributed by atoms with Gasteiger partial charge in [0.15, 0.2) is 5.82 Å². The van der Waals surface area contributed by atoms with Gasteiger partial charge in [-0.3, -0.25) is 4.79 Å². The van der Waals surface area contributed by atoms with E-state index in [4.69, 9.17) is 4.52 Å². The molecule has 0 aromatic carbocycles. The molecule has 0 spiro atoms. The van der Waals surface area contributed by atoms with E-state index in [1.54, 1.807) is 6.92 Å². The summed E-state index contributed by atoms with van der Waals surface area (Å²) in [6.07, 6.45) is 2.02. The number of rotatable bonds is 3. The first-order valence-electron chi connectivity index (χ1n) is 5.95. The molecule has 2 atom stereocenters. The SMILES string of the molecule is Cc1noc(CNC(=O)C2CC(C)CCN2)n1. The lowest BCUT2D eigenvalue weighted by Gasteiger charge is -2.26. The average Bonchev–Trinajstić information content (AvgIpc) is 2.72. The van der Waals surface area contributed by atoms with Gasteiger partial charge in [0, 0.05) is 0 Å². The largest absolute Gasteiger partial charge is 0.346 e. The van der Waals surface area contributed by atoms with Crippen molar-refractivity contribution in [3.8, 4) is 0 Å². The molecule has 6 nitrogen and oxygen atoms in total. The molecular formula is C11H18N4O2. The first kappa shape index (κ1) is 12.0. The Morgan fingerprint density at radius 1 is 1.65 bits per heavy atom. The molecule has 1 saturated heterocycles. The predicted molar refractivity (Wildman–Crippen MR) is 61.1 cm³/mol. The highest BCUT2D eigenvalue weighted by Crippen LogP contribution is 2.14. The minimum Gasteiger partial charge on any atom is -0.346 e. The van der Waals surface area contributed by atoms with Crippen molar-refractivity contribution in [2.24, 2.45) is 5.92 Å². The van der Waals surface area contributed by atoms with Crippen molar-refractivity contribution in [1.29, 1.82) is 0 Å². The third kappa shape index (κ3) is 3.26. The van der Waals surface area contributed by atoms with Crippen molar-refractivity contribution in [3.05, 3.63) is 11.7 Å². The van der Waals surface area contributed by atoms with E-state index >= 15 is 0 Å². The van der Waals surface area contributed by atoms with Crippen LogP contribution in [0.2, 0.25) is 0 Å². The van der Waals surface area contributed by atoms with Crippen LogP contribution in [0.1, 0.15) is 31.5 Å². The highest BCUT2D eigenvalue weighted by atomic mass is 16.5. The van der Waals surface area contributed by atoms with Crippen LogP contribution in [0.4, 0.5) is 0 Å². The Balaban J connectivity index is 1.80. The molecule has 1 aliphatic rings. The topological polar surface area (TPSA) is 80.0 Å². The van der Waals surface area contributed by atoms with Crippen LogP contribution < -0.4 is 10.6 Å². The first-order valence-corrected chi connectivity index (χ1v) is 5.95. The van der Waals surface area contributed by atoms with Crippen LogP contribution in [-0.4, -0.2) is 28.6 Å². The molecule has 6 heteroatoms. The van der Waals surface area contributed by atoms with E-state index in [0.29, 0.717) is 24.2 Å². The van der Waals surface area contributed by atoms with Crippen molar-refractivity contribution in [1.82, 2.24) is 20.8 Å². The monoisotopic (exact) mass is 238 g/mol. The number of carbonyl (C=O) groups is 1. The number of aryl methyl sites for hydroxylation is 1. The van der Waals surface area contributed by atoms with E-state index in [9.17, 15) is 4.79 Å². The van der Waals surface area contributed by atoms with Crippen molar-refractivity contribution >= 4 is 5.91 Å². The third-order valence-electron chi connectivity index (χ3n) is 2.97. The van der Waals surface area contributed by atoms with Crippen LogP contribution in [0.25, 0.3) is 0 Å². The maximum atomic E-state index is 11.9. The second-order valence-electron chi connectivity index (χ2n) is 4.59. The van der Waals surface area contributed by atoms with Gasteiger partial charge in [-0.15, -0.1) is 0 Å². The summed E-state index contributed by atoms with van der Waals surface area (Å²) in [6.45, 7) is 5.12. The van der Waals surface area contributed by atoms with Crippen molar-refractivity contribution in [2.75, 3.05) is 6.54 Å². The Morgan fingerprint density at radius 2 is 2.47 bits per heavy atom. The van der Waals surface area contributed by atoms with Gasteiger partial charge in [-0.25, -0.2) is 0 Å². The molecule has 1 fully saturated rings. The highest BCUT2D eigenvalue weighted by Gasteiger charge is 2.24. The average molecular weight is 238 g/mol. The molecule has 1 amide bonds. The smallest absolute Gasteiger partial charge is 0.246 e. The normalized spacial score (nSPS) is 24.6. The fraction of sp³-hybridized carbons (Fsp3) is 0.727. The van der Waals surface area contributed by atoms with E-state index in [1.807, 2.05) is 0 Å². The summed E-state index contributed by atoms with van der Waals surface area (Å²) in [7, 11) is 0. The van der Waals surface area contributed by atoms with Crippen LogP contribution >= 0.6 is 0 Å². The Kier molecular flexibility index (Phi) is 3.73. The molecule has 1 aromatic heterocycles.